The smallest absolute Gasteiger partial charge is 0.240 e. The van der Waals surface area contributed by atoms with Gasteiger partial charge in [0.15, 0.2) is 11.6 Å². The van der Waals surface area contributed by atoms with Crippen molar-refractivity contribution in [1.82, 2.24) is 5.32 Å². The number of hydrogen-bond donors (Lipinski definition) is 1. The van der Waals surface area contributed by atoms with E-state index >= 15 is 0 Å². The molecule has 0 heterocycles. The lowest BCUT2D eigenvalue weighted by Crippen LogP contribution is -2.43. The Balaban J connectivity index is 2.00. The van der Waals surface area contributed by atoms with E-state index in [2.05, 4.69) is 5.32 Å². The molecule has 0 bridgehead atoms. The number of aryl methyl sites for hydroxylation is 1. The minimum absolute atomic E-state index is 0.108. The van der Waals surface area contributed by atoms with Gasteiger partial charge < -0.3 is 5.32 Å². The van der Waals surface area contributed by atoms with E-state index in [0.29, 0.717) is 6.42 Å². The molecule has 0 aliphatic carbocycles. The summed E-state index contributed by atoms with van der Waals surface area (Å²) in [6, 6.07) is 12.3. The number of sulfonamides is 1. The van der Waals surface area contributed by atoms with Gasteiger partial charge in [-0.15, -0.1) is 0 Å². The number of benzene rings is 2. The summed E-state index contributed by atoms with van der Waals surface area (Å²) < 4.78 is 51.3. The Morgan fingerprint density at radius 3 is 2.37 bits per heavy atom. The number of nitrogens with zero attached hydrogens (tertiary/aromatic N) is 1. The van der Waals surface area contributed by atoms with Crippen LogP contribution in [-0.2, 0) is 21.2 Å². The van der Waals surface area contributed by atoms with Crippen molar-refractivity contribution in [2.24, 2.45) is 0 Å². The zero-order valence-electron chi connectivity index (χ0n) is 15.2. The average molecular weight is 396 g/mol. The molecule has 1 N–H and O–H groups in total. The van der Waals surface area contributed by atoms with Gasteiger partial charge in [-0.1, -0.05) is 30.3 Å². The summed E-state index contributed by atoms with van der Waals surface area (Å²) in [5.74, 6) is -2.80. The quantitative estimate of drug-likeness (QED) is 0.746. The van der Waals surface area contributed by atoms with E-state index in [1.165, 1.54) is 0 Å². The zero-order chi connectivity index (χ0) is 20.0. The Bertz CT molecular complexity index is 889. The highest BCUT2D eigenvalue weighted by Gasteiger charge is 2.22. The van der Waals surface area contributed by atoms with Crippen molar-refractivity contribution in [2.75, 3.05) is 17.1 Å². The topological polar surface area (TPSA) is 66.5 Å². The van der Waals surface area contributed by atoms with Crippen molar-refractivity contribution >= 4 is 21.6 Å². The fourth-order valence-corrected chi connectivity index (χ4v) is 3.44. The molecule has 1 amide bonds. The van der Waals surface area contributed by atoms with Crippen LogP contribution in [0.3, 0.4) is 0 Å². The summed E-state index contributed by atoms with van der Waals surface area (Å²) >= 11 is 0. The van der Waals surface area contributed by atoms with E-state index in [1.807, 2.05) is 37.3 Å². The Morgan fingerprint density at radius 1 is 1.11 bits per heavy atom. The summed E-state index contributed by atoms with van der Waals surface area (Å²) in [6.07, 6.45) is 2.35. The molecule has 0 fully saturated rings. The largest absolute Gasteiger partial charge is 0.352 e. The third-order valence-corrected chi connectivity index (χ3v) is 5.14. The number of anilines is 1. The summed E-state index contributed by atoms with van der Waals surface area (Å²) in [5, 5.41) is 2.74. The Labute approximate surface area is 158 Å². The lowest BCUT2D eigenvalue weighted by molar-refractivity contribution is -0.120. The van der Waals surface area contributed by atoms with Gasteiger partial charge in [-0.3, -0.25) is 9.10 Å². The highest BCUT2D eigenvalue weighted by atomic mass is 32.2. The van der Waals surface area contributed by atoms with Crippen LogP contribution in [0.15, 0.2) is 48.5 Å². The molecule has 1 atom stereocenters. The Kier molecular flexibility index (Phi) is 6.90. The monoisotopic (exact) mass is 396 g/mol. The number of rotatable bonds is 8. The molecule has 0 saturated heterocycles. The molecule has 2 rings (SSSR count). The molecule has 2 aromatic rings. The normalized spacial score (nSPS) is 12.4. The highest BCUT2D eigenvalue weighted by Crippen LogP contribution is 2.20. The summed E-state index contributed by atoms with van der Waals surface area (Å²) in [4.78, 5) is 12.3. The molecule has 8 heteroatoms. The molecule has 146 valence electrons. The van der Waals surface area contributed by atoms with Crippen LogP contribution in [0.4, 0.5) is 14.5 Å². The van der Waals surface area contributed by atoms with Crippen molar-refractivity contribution in [3.05, 3.63) is 65.7 Å². The van der Waals surface area contributed by atoms with Crippen molar-refractivity contribution < 1.29 is 22.0 Å². The lowest BCUT2D eigenvalue weighted by Gasteiger charge is -2.23. The second-order valence-electron chi connectivity index (χ2n) is 6.36. The maximum Gasteiger partial charge on any atom is 0.240 e. The van der Waals surface area contributed by atoms with Gasteiger partial charge in [0.05, 0.1) is 11.9 Å². The Morgan fingerprint density at radius 2 is 1.78 bits per heavy atom. The van der Waals surface area contributed by atoms with Gasteiger partial charge in [-0.05, 0) is 37.5 Å². The van der Waals surface area contributed by atoms with E-state index in [1.54, 1.807) is 0 Å². The number of halogens is 2. The van der Waals surface area contributed by atoms with Crippen LogP contribution in [0.25, 0.3) is 0 Å². The van der Waals surface area contributed by atoms with Crippen molar-refractivity contribution in [2.45, 2.75) is 25.8 Å². The van der Waals surface area contributed by atoms with Crippen LogP contribution in [-0.4, -0.2) is 33.2 Å². The van der Waals surface area contributed by atoms with E-state index < -0.39 is 34.1 Å². The second-order valence-corrected chi connectivity index (χ2v) is 8.27. The number of hydrogen-bond acceptors (Lipinski definition) is 3. The third-order valence-electron chi connectivity index (χ3n) is 3.99. The molecule has 0 aromatic heterocycles. The number of amides is 1. The van der Waals surface area contributed by atoms with Crippen LogP contribution in [0.2, 0.25) is 0 Å². The first-order chi connectivity index (χ1) is 12.7. The van der Waals surface area contributed by atoms with Crippen LogP contribution in [0.5, 0.6) is 0 Å². The van der Waals surface area contributed by atoms with Gasteiger partial charge >= 0.3 is 0 Å². The lowest BCUT2D eigenvalue weighted by atomic mass is 10.1. The number of carbonyl (C=O) groups is 1. The number of nitrogens with one attached hydrogen (secondary N) is 1. The van der Waals surface area contributed by atoms with Crippen LogP contribution in [0.1, 0.15) is 18.9 Å². The molecule has 5 nitrogen and oxygen atoms in total. The predicted octanol–water partition coefficient (Wildman–Crippen LogP) is 2.87. The fourth-order valence-electron chi connectivity index (χ4n) is 2.59. The van der Waals surface area contributed by atoms with Gasteiger partial charge in [0.1, 0.15) is 6.54 Å². The van der Waals surface area contributed by atoms with Crippen LogP contribution in [0, 0.1) is 11.6 Å². The third kappa shape index (κ3) is 6.32. The maximum absolute atomic E-state index is 13.4. The van der Waals surface area contributed by atoms with Crippen molar-refractivity contribution in [1.29, 1.82) is 0 Å². The summed E-state index contributed by atoms with van der Waals surface area (Å²) in [7, 11) is -3.85. The molecular weight excluding hydrogens is 374 g/mol. The minimum atomic E-state index is -3.85. The molecule has 0 radical (unpaired) electrons. The zero-order valence-corrected chi connectivity index (χ0v) is 16.0. The predicted molar refractivity (Wildman–Crippen MR) is 101 cm³/mol. The first-order valence-electron chi connectivity index (χ1n) is 8.43. The summed E-state index contributed by atoms with van der Waals surface area (Å²) in [6.45, 7) is 1.31. The first-order valence-corrected chi connectivity index (χ1v) is 10.3. The molecule has 1 unspecified atom stereocenters. The van der Waals surface area contributed by atoms with Gasteiger partial charge in [0.2, 0.25) is 15.9 Å². The molecule has 0 saturated carbocycles. The average Bonchev–Trinajstić information content (AvgIpc) is 2.60. The fraction of sp³-hybridized carbons (Fsp3) is 0.316. The second kappa shape index (κ2) is 8.94. The van der Waals surface area contributed by atoms with Gasteiger partial charge in [-0.25, -0.2) is 17.2 Å². The molecule has 0 aliphatic heterocycles. The standard InChI is InChI=1S/C19H22F2N2O3S/c1-14(8-9-15-6-4-3-5-7-15)22-19(24)13-23(27(2,25)26)16-10-11-17(20)18(21)12-16/h3-7,10-12,14H,8-9,13H2,1-2H3,(H,22,24). The number of carbonyl (C=O) groups excluding carboxylic acids is 1. The molecule has 27 heavy (non-hydrogen) atoms. The van der Waals surface area contributed by atoms with Gasteiger partial charge in [0.25, 0.3) is 0 Å². The van der Waals surface area contributed by atoms with Crippen LogP contribution >= 0.6 is 0 Å². The van der Waals surface area contributed by atoms with Crippen molar-refractivity contribution in [3.63, 3.8) is 0 Å². The van der Waals surface area contributed by atoms with E-state index in [-0.39, 0.29) is 11.7 Å². The first kappa shape index (κ1) is 20.8. The SMILES string of the molecule is CC(CCc1ccccc1)NC(=O)CN(c1ccc(F)c(F)c1)S(C)(=O)=O. The van der Waals surface area contributed by atoms with E-state index in [0.717, 1.165) is 40.7 Å². The van der Waals surface area contributed by atoms with Crippen molar-refractivity contribution in [3.8, 4) is 0 Å². The highest BCUT2D eigenvalue weighted by molar-refractivity contribution is 7.92. The molecular formula is C19H22F2N2O3S. The Hall–Kier alpha value is -2.48. The molecule has 2 aromatic carbocycles. The molecule has 0 aliphatic rings. The van der Waals surface area contributed by atoms with E-state index in [9.17, 15) is 22.0 Å². The van der Waals surface area contributed by atoms with Gasteiger partial charge in [-0.2, -0.15) is 0 Å². The summed E-state index contributed by atoms with van der Waals surface area (Å²) in [5.41, 5.74) is 1.03. The molecule has 0 spiro atoms. The van der Waals surface area contributed by atoms with E-state index in [4.69, 9.17) is 0 Å². The van der Waals surface area contributed by atoms with Gasteiger partial charge in [0, 0.05) is 12.1 Å². The minimum Gasteiger partial charge on any atom is -0.352 e. The van der Waals surface area contributed by atoms with Crippen LogP contribution < -0.4 is 9.62 Å². The maximum atomic E-state index is 13.4.